The normalized spacial score (nSPS) is 11.0. The van der Waals surface area contributed by atoms with E-state index < -0.39 is 30.6 Å². The molecule has 0 radical (unpaired) electrons. The van der Waals surface area contributed by atoms with E-state index in [0.29, 0.717) is 10.8 Å². The summed E-state index contributed by atoms with van der Waals surface area (Å²) in [5.74, 6) is -1.61. The Morgan fingerprint density at radius 3 is 2.57 bits per heavy atom. The monoisotopic (exact) mass is 438 g/mol. The zero-order valence-corrected chi connectivity index (χ0v) is 15.9. The topological polar surface area (TPSA) is 103 Å². The highest BCUT2D eigenvalue weighted by Crippen LogP contribution is 2.26. The number of rotatable bonds is 7. The summed E-state index contributed by atoms with van der Waals surface area (Å²) in [6, 6.07) is 7.01. The van der Waals surface area contributed by atoms with Crippen LogP contribution in [0.4, 0.5) is 13.2 Å². The summed E-state index contributed by atoms with van der Waals surface area (Å²) >= 11 is 1.14. The summed E-state index contributed by atoms with van der Waals surface area (Å²) in [4.78, 5) is 36.0. The van der Waals surface area contributed by atoms with Gasteiger partial charge in [-0.05, 0) is 12.1 Å². The highest BCUT2D eigenvalue weighted by Gasteiger charge is 2.32. The zero-order valence-electron chi connectivity index (χ0n) is 15.0. The van der Waals surface area contributed by atoms with Crippen molar-refractivity contribution < 1.29 is 32.2 Å². The number of nitrogens with zero attached hydrogens (tertiary/aromatic N) is 3. The summed E-state index contributed by atoms with van der Waals surface area (Å²) < 4.78 is 46.0. The SMILES string of the molecule is O=C(COC(=O)c1csc(-c2ncccn2)n1)NCc1ccccc1OC(F)(F)F. The molecule has 0 saturated carbocycles. The molecule has 0 aliphatic heterocycles. The number of para-hydroxylation sites is 1. The predicted molar refractivity (Wildman–Crippen MR) is 98.4 cm³/mol. The lowest BCUT2D eigenvalue weighted by Crippen LogP contribution is -2.29. The van der Waals surface area contributed by atoms with Crippen molar-refractivity contribution in [3.8, 4) is 16.6 Å². The Kier molecular flexibility index (Phi) is 6.57. The number of amides is 1. The number of ether oxygens (including phenoxy) is 2. The summed E-state index contributed by atoms with van der Waals surface area (Å²) in [5, 5.41) is 4.21. The molecule has 0 saturated heterocycles. The van der Waals surface area contributed by atoms with Gasteiger partial charge >= 0.3 is 12.3 Å². The van der Waals surface area contributed by atoms with Gasteiger partial charge in [-0.3, -0.25) is 4.79 Å². The maximum Gasteiger partial charge on any atom is 0.573 e. The Morgan fingerprint density at radius 1 is 1.10 bits per heavy atom. The van der Waals surface area contributed by atoms with Gasteiger partial charge in [-0.1, -0.05) is 18.2 Å². The van der Waals surface area contributed by atoms with Gasteiger partial charge in [-0.15, -0.1) is 24.5 Å². The molecule has 0 aliphatic carbocycles. The number of hydrogen-bond acceptors (Lipinski definition) is 8. The molecule has 0 atom stereocenters. The number of thiazole rings is 1. The molecule has 12 heteroatoms. The molecule has 0 bridgehead atoms. The Bertz CT molecular complexity index is 1030. The average Bonchev–Trinajstić information content (AvgIpc) is 3.21. The summed E-state index contributed by atoms with van der Waals surface area (Å²) in [6.07, 6.45) is -1.79. The van der Waals surface area contributed by atoms with Crippen molar-refractivity contribution in [1.82, 2.24) is 20.3 Å². The molecule has 2 heterocycles. The van der Waals surface area contributed by atoms with Crippen LogP contribution in [0.15, 0.2) is 48.1 Å². The molecule has 3 aromatic rings. The van der Waals surface area contributed by atoms with E-state index in [4.69, 9.17) is 4.74 Å². The first-order valence-corrected chi connectivity index (χ1v) is 9.20. The smallest absolute Gasteiger partial charge is 0.451 e. The third-order valence-electron chi connectivity index (χ3n) is 3.48. The van der Waals surface area contributed by atoms with Crippen LogP contribution in [0.2, 0.25) is 0 Å². The summed E-state index contributed by atoms with van der Waals surface area (Å²) in [6.45, 7) is -0.870. The molecule has 1 N–H and O–H groups in total. The van der Waals surface area contributed by atoms with Crippen LogP contribution in [-0.2, 0) is 16.1 Å². The van der Waals surface area contributed by atoms with Crippen molar-refractivity contribution in [3.63, 3.8) is 0 Å². The number of carbonyl (C=O) groups is 2. The molecule has 0 aliphatic rings. The van der Waals surface area contributed by atoms with Gasteiger partial charge in [-0.2, -0.15) is 0 Å². The third kappa shape index (κ3) is 5.98. The summed E-state index contributed by atoms with van der Waals surface area (Å²) in [7, 11) is 0. The van der Waals surface area contributed by atoms with Gasteiger partial charge in [0.2, 0.25) is 0 Å². The molecular weight excluding hydrogens is 425 g/mol. The molecular formula is C18H13F3N4O4S. The lowest BCUT2D eigenvalue weighted by Gasteiger charge is -2.13. The van der Waals surface area contributed by atoms with Gasteiger partial charge in [0.05, 0.1) is 0 Å². The van der Waals surface area contributed by atoms with Gasteiger partial charge < -0.3 is 14.8 Å². The van der Waals surface area contributed by atoms with E-state index >= 15 is 0 Å². The van der Waals surface area contributed by atoms with E-state index in [-0.39, 0.29) is 17.8 Å². The van der Waals surface area contributed by atoms with Gasteiger partial charge in [0.1, 0.15) is 5.75 Å². The van der Waals surface area contributed by atoms with Crippen LogP contribution in [-0.4, -0.2) is 39.8 Å². The lowest BCUT2D eigenvalue weighted by atomic mass is 10.2. The maximum atomic E-state index is 12.4. The maximum absolute atomic E-state index is 12.4. The summed E-state index contributed by atoms with van der Waals surface area (Å²) in [5.41, 5.74) is 0.0979. The number of carbonyl (C=O) groups excluding carboxylic acids is 2. The molecule has 0 unspecified atom stereocenters. The quantitative estimate of drug-likeness (QED) is 0.566. The standard InChI is InChI=1S/C18H13F3N4O4S/c19-18(20,21)29-13-5-2-1-4-11(13)8-24-14(26)9-28-17(27)12-10-30-16(25-12)15-22-6-3-7-23-15/h1-7,10H,8-9H2,(H,24,26). The Labute approximate surface area is 171 Å². The fraction of sp³-hybridized carbons (Fsp3) is 0.167. The Balaban J connectivity index is 1.51. The van der Waals surface area contributed by atoms with Crippen molar-refractivity contribution in [2.45, 2.75) is 12.9 Å². The second kappa shape index (κ2) is 9.31. The van der Waals surface area contributed by atoms with Crippen molar-refractivity contribution in [3.05, 3.63) is 59.4 Å². The van der Waals surface area contributed by atoms with E-state index in [1.54, 1.807) is 6.07 Å². The van der Waals surface area contributed by atoms with Crippen molar-refractivity contribution in [1.29, 1.82) is 0 Å². The van der Waals surface area contributed by atoms with Crippen LogP contribution in [0, 0.1) is 0 Å². The first kappa shape index (κ1) is 21.2. The number of esters is 1. The van der Waals surface area contributed by atoms with Crippen molar-refractivity contribution in [2.75, 3.05) is 6.61 Å². The first-order valence-electron chi connectivity index (χ1n) is 8.32. The second-order valence-corrected chi connectivity index (χ2v) is 6.48. The van der Waals surface area contributed by atoms with E-state index in [1.807, 2.05) is 0 Å². The first-order chi connectivity index (χ1) is 14.3. The largest absolute Gasteiger partial charge is 0.573 e. The highest BCUT2D eigenvalue weighted by atomic mass is 32.1. The van der Waals surface area contributed by atoms with Gasteiger partial charge in [-0.25, -0.2) is 19.7 Å². The Hall–Kier alpha value is -3.54. The minimum absolute atomic E-state index is 0.0147. The van der Waals surface area contributed by atoms with Gasteiger partial charge in [0.25, 0.3) is 5.91 Å². The van der Waals surface area contributed by atoms with Crippen molar-refractivity contribution >= 4 is 23.2 Å². The van der Waals surface area contributed by atoms with E-state index in [1.165, 1.54) is 36.0 Å². The molecule has 2 aromatic heterocycles. The average molecular weight is 438 g/mol. The Morgan fingerprint density at radius 2 is 1.83 bits per heavy atom. The minimum atomic E-state index is -4.85. The number of aromatic nitrogens is 3. The highest BCUT2D eigenvalue weighted by molar-refractivity contribution is 7.13. The molecule has 156 valence electrons. The lowest BCUT2D eigenvalue weighted by molar-refractivity contribution is -0.274. The van der Waals surface area contributed by atoms with Crippen LogP contribution in [0.3, 0.4) is 0 Å². The molecule has 8 nitrogen and oxygen atoms in total. The number of benzene rings is 1. The molecule has 1 aromatic carbocycles. The third-order valence-corrected chi connectivity index (χ3v) is 4.32. The van der Waals surface area contributed by atoms with E-state index in [0.717, 1.165) is 17.4 Å². The molecule has 1 amide bonds. The molecule has 3 rings (SSSR count). The second-order valence-electron chi connectivity index (χ2n) is 5.62. The zero-order chi connectivity index (χ0) is 21.6. The predicted octanol–water partition coefficient (Wildman–Crippen LogP) is 2.97. The number of nitrogens with one attached hydrogen (secondary N) is 1. The van der Waals surface area contributed by atoms with Crippen LogP contribution in [0.25, 0.3) is 10.8 Å². The molecule has 0 fully saturated rings. The van der Waals surface area contributed by atoms with Gasteiger partial charge in [0.15, 0.2) is 23.1 Å². The fourth-order valence-electron chi connectivity index (χ4n) is 2.20. The molecule has 0 spiro atoms. The number of halogens is 3. The van der Waals surface area contributed by atoms with Crippen LogP contribution in [0.5, 0.6) is 5.75 Å². The van der Waals surface area contributed by atoms with Crippen molar-refractivity contribution in [2.24, 2.45) is 0 Å². The van der Waals surface area contributed by atoms with Crippen LogP contribution in [0.1, 0.15) is 16.1 Å². The van der Waals surface area contributed by atoms with Crippen LogP contribution < -0.4 is 10.1 Å². The number of alkyl halides is 3. The van der Waals surface area contributed by atoms with E-state index in [9.17, 15) is 22.8 Å². The molecule has 30 heavy (non-hydrogen) atoms. The van der Waals surface area contributed by atoms with E-state index in [2.05, 4.69) is 25.0 Å². The minimum Gasteiger partial charge on any atom is -0.451 e. The van der Waals surface area contributed by atoms with Crippen LogP contribution >= 0.6 is 11.3 Å². The van der Waals surface area contributed by atoms with Gasteiger partial charge in [0, 0.05) is 29.9 Å². The fourth-order valence-corrected chi connectivity index (χ4v) is 2.94. The number of hydrogen-bond donors (Lipinski definition) is 1.